The number of nitrogens with two attached hydrogens (primary N) is 1. The third-order valence-electron chi connectivity index (χ3n) is 3.09. The lowest BCUT2D eigenvalue weighted by molar-refractivity contribution is 0.260. The second-order valence-corrected chi connectivity index (χ2v) is 4.13. The Bertz CT molecular complexity index is 284. The predicted molar refractivity (Wildman–Crippen MR) is 59.0 cm³/mol. The molecule has 2 rings (SSSR count). The number of likely N-dealkylation sites (tertiary alicyclic amines) is 1. The van der Waals surface area contributed by atoms with Gasteiger partial charge >= 0.3 is 0 Å². The molecule has 2 atom stereocenters. The smallest absolute Gasteiger partial charge is 0.0320 e. The van der Waals surface area contributed by atoms with Crippen molar-refractivity contribution >= 4 is 0 Å². The van der Waals surface area contributed by atoms with Crippen molar-refractivity contribution in [2.45, 2.75) is 25.4 Å². The molecule has 2 heteroatoms. The maximum Gasteiger partial charge on any atom is 0.0320 e. The van der Waals surface area contributed by atoms with Gasteiger partial charge in [0, 0.05) is 25.2 Å². The van der Waals surface area contributed by atoms with E-state index in [0.29, 0.717) is 12.1 Å². The van der Waals surface area contributed by atoms with Gasteiger partial charge in [-0.15, -0.1) is 0 Å². The van der Waals surface area contributed by atoms with Gasteiger partial charge in [0.2, 0.25) is 0 Å². The fraction of sp³-hybridized carbons (Fsp3) is 0.500. The molecule has 0 spiro atoms. The lowest BCUT2D eigenvalue weighted by Gasteiger charge is -2.24. The van der Waals surface area contributed by atoms with Crippen molar-refractivity contribution in [3.05, 3.63) is 35.9 Å². The largest absolute Gasteiger partial charge is 0.326 e. The fourth-order valence-corrected chi connectivity index (χ4v) is 2.11. The van der Waals surface area contributed by atoms with Crippen LogP contribution >= 0.6 is 0 Å². The lowest BCUT2D eigenvalue weighted by atomic mass is 10.1. The highest BCUT2D eigenvalue weighted by Gasteiger charge is 2.23. The Morgan fingerprint density at radius 2 is 2.07 bits per heavy atom. The lowest BCUT2D eigenvalue weighted by Crippen LogP contribution is -2.28. The van der Waals surface area contributed by atoms with Gasteiger partial charge in [-0.05, 0) is 18.9 Å². The topological polar surface area (TPSA) is 29.3 Å². The van der Waals surface area contributed by atoms with Gasteiger partial charge in [0.1, 0.15) is 0 Å². The molecule has 76 valence electrons. The van der Waals surface area contributed by atoms with Gasteiger partial charge in [-0.1, -0.05) is 30.3 Å². The molecule has 0 aromatic heterocycles. The van der Waals surface area contributed by atoms with Crippen molar-refractivity contribution in [3.63, 3.8) is 0 Å². The first-order chi connectivity index (χ1) is 6.77. The zero-order chi connectivity index (χ0) is 9.97. The Morgan fingerprint density at radius 3 is 2.64 bits per heavy atom. The third-order valence-corrected chi connectivity index (χ3v) is 3.09. The highest BCUT2D eigenvalue weighted by molar-refractivity contribution is 5.18. The van der Waals surface area contributed by atoms with Crippen LogP contribution in [0.15, 0.2) is 30.3 Å². The Kier molecular flexibility index (Phi) is 2.85. The first-order valence-corrected chi connectivity index (χ1v) is 5.32. The Balaban J connectivity index is 2.05. The van der Waals surface area contributed by atoms with Gasteiger partial charge in [-0.2, -0.15) is 0 Å². The fourth-order valence-electron chi connectivity index (χ4n) is 2.11. The van der Waals surface area contributed by atoms with E-state index in [0.717, 1.165) is 19.5 Å². The Morgan fingerprint density at radius 1 is 1.36 bits per heavy atom. The molecule has 2 unspecified atom stereocenters. The summed E-state index contributed by atoms with van der Waals surface area (Å²) in [5, 5.41) is 0. The van der Waals surface area contributed by atoms with E-state index < -0.39 is 0 Å². The average Bonchev–Trinajstić information content (AvgIpc) is 2.65. The molecule has 1 saturated heterocycles. The Labute approximate surface area is 85.7 Å². The molecule has 0 amide bonds. The molecule has 0 aliphatic carbocycles. The van der Waals surface area contributed by atoms with Crippen LogP contribution in [0.25, 0.3) is 0 Å². The maximum absolute atomic E-state index is 5.90. The number of benzene rings is 1. The first kappa shape index (κ1) is 9.69. The highest BCUT2D eigenvalue weighted by Crippen LogP contribution is 2.23. The van der Waals surface area contributed by atoms with Crippen molar-refractivity contribution in [2.75, 3.05) is 13.1 Å². The normalized spacial score (nSPS) is 25.1. The van der Waals surface area contributed by atoms with E-state index in [2.05, 4.69) is 42.2 Å². The van der Waals surface area contributed by atoms with Crippen molar-refractivity contribution in [2.24, 2.45) is 5.73 Å². The summed E-state index contributed by atoms with van der Waals surface area (Å²) < 4.78 is 0. The molecule has 0 radical (unpaired) electrons. The van der Waals surface area contributed by atoms with Gasteiger partial charge in [0.15, 0.2) is 0 Å². The minimum Gasteiger partial charge on any atom is -0.326 e. The van der Waals surface area contributed by atoms with Gasteiger partial charge in [-0.3, -0.25) is 4.90 Å². The van der Waals surface area contributed by atoms with Crippen LogP contribution in [-0.4, -0.2) is 24.0 Å². The SMILES string of the molecule is CC(c1ccccc1)N1CCC(N)C1. The number of nitrogens with zero attached hydrogens (tertiary/aromatic N) is 1. The quantitative estimate of drug-likeness (QED) is 0.770. The summed E-state index contributed by atoms with van der Waals surface area (Å²) in [4.78, 5) is 2.46. The van der Waals surface area contributed by atoms with Crippen LogP contribution in [0.1, 0.15) is 24.9 Å². The molecular formula is C12H18N2. The van der Waals surface area contributed by atoms with Gasteiger partial charge in [-0.25, -0.2) is 0 Å². The molecule has 1 heterocycles. The molecular weight excluding hydrogens is 172 g/mol. The zero-order valence-electron chi connectivity index (χ0n) is 8.69. The van der Waals surface area contributed by atoms with E-state index in [-0.39, 0.29) is 0 Å². The molecule has 1 aliphatic rings. The second-order valence-electron chi connectivity index (χ2n) is 4.13. The van der Waals surface area contributed by atoms with Gasteiger partial charge in [0.25, 0.3) is 0 Å². The summed E-state index contributed by atoms with van der Waals surface area (Å²) in [6.07, 6.45) is 1.14. The summed E-state index contributed by atoms with van der Waals surface area (Å²) in [6.45, 7) is 4.43. The molecule has 2 nitrogen and oxygen atoms in total. The zero-order valence-corrected chi connectivity index (χ0v) is 8.69. The van der Waals surface area contributed by atoms with Crippen LogP contribution in [0.5, 0.6) is 0 Å². The van der Waals surface area contributed by atoms with Crippen molar-refractivity contribution in [1.29, 1.82) is 0 Å². The van der Waals surface area contributed by atoms with Crippen molar-refractivity contribution < 1.29 is 0 Å². The summed E-state index contributed by atoms with van der Waals surface area (Å²) in [5.41, 5.74) is 7.29. The summed E-state index contributed by atoms with van der Waals surface area (Å²) in [5.74, 6) is 0. The molecule has 14 heavy (non-hydrogen) atoms. The number of hydrogen-bond acceptors (Lipinski definition) is 2. The first-order valence-electron chi connectivity index (χ1n) is 5.32. The van der Waals surface area contributed by atoms with Crippen molar-refractivity contribution in [1.82, 2.24) is 4.90 Å². The molecule has 1 aliphatic heterocycles. The predicted octanol–water partition coefficient (Wildman–Crippen LogP) is 1.78. The van der Waals surface area contributed by atoms with E-state index in [1.165, 1.54) is 5.56 Å². The minimum absolute atomic E-state index is 0.376. The second kappa shape index (κ2) is 4.11. The highest BCUT2D eigenvalue weighted by atomic mass is 15.2. The number of hydrogen-bond donors (Lipinski definition) is 1. The van der Waals surface area contributed by atoms with Gasteiger partial charge < -0.3 is 5.73 Å². The van der Waals surface area contributed by atoms with Crippen LogP contribution in [0.2, 0.25) is 0 Å². The molecule has 2 N–H and O–H groups in total. The van der Waals surface area contributed by atoms with E-state index in [1.807, 2.05) is 0 Å². The van der Waals surface area contributed by atoms with E-state index in [4.69, 9.17) is 5.73 Å². The summed E-state index contributed by atoms with van der Waals surface area (Å²) in [6, 6.07) is 11.5. The summed E-state index contributed by atoms with van der Waals surface area (Å²) >= 11 is 0. The monoisotopic (exact) mass is 190 g/mol. The van der Waals surface area contributed by atoms with Crippen LogP contribution in [-0.2, 0) is 0 Å². The average molecular weight is 190 g/mol. The molecule has 0 saturated carbocycles. The molecule has 1 aromatic rings. The van der Waals surface area contributed by atoms with Crippen LogP contribution in [0, 0.1) is 0 Å². The third kappa shape index (κ3) is 1.97. The summed E-state index contributed by atoms with van der Waals surface area (Å²) in [7, 11) is 0. The Hall–Kier alpha value is -0.860. The van der Waals surface area contributed by atoms with Crippen LogP contribution < -0.4 is 5.73 Å². The van der Waals surface area contributed by atoms with Gasteiger partial charge in [0.05, 0.1) is 0 Å². The maximum atomic E-state index is 5.90. The van der Waals surface area contributed by atoms with E-state index in [9.17, 15) is 0 Å². The standard InChI is InChI=1S/C12H18N2/c1-10(11-5-3-2-4-6-11)14-8-7-12(13)9-14/h2-6,10,12H,7-9,13H2,1H3. The van der Waals surface area contributed by atoms with E-state index >= 15 is 0 Å². The van der Waals surface area contributed by atoms with E-state index in [1.54, 1.807) is 0 Å². The van der Waals surface area contributed by atoms with Crippen LogP contribution in [0.3, 0.4) is 0 Å². The molecule has 0 bridgehead atoms. The minimum atomic E-state index is 0.376. The molecule has 1 aromatic carbocycles. The van der Waals surface area contributed by atoms with Crippen LogP contribution in [0.4, 0.5) is 0 Å². The van der Waals surface area contributed by atoms with Crippen molar-refractivity contribution in [3.8, 4) is 0 Å². The number of rotatable bonds is 2. The molecule has 1 fully saturated rings.